The number of hydrogen-bond donors (Lipinski definition) is 2. The Labute approximate surface area is 183 Å². The van der Waals surface area contributed by atoms with Crippen molar-refractivity contribution in [1.82, 2.24) is 14.9 Å². The molecule has 2 unspecified atom stereocenters. The van der Waals surface area contributed by atoms with Gasteiger partial charge < -0.3 is 15.2 Å². The van der Waals surface area contributed by atoms with Gasteiger partial charge in [-0.15, -0.1) is 0 Å². The first-order valence-electron chi connectivity index (χ1n) is 10.4. The first-order valence-corrected chi connectivity index (χ1v) is 10.4. The van der Waals surface area contributed by atoms with Crippen LogP contribution in [0.2, 0.25) is 0 Å². The molecule has 0 spiro atoms. The summed E-state index contributed by atoms with van der Waals surface area (Å²) >= 11 is 0. The largest absolute Gasteiger partial charge is 0.464 e. The van der Waals surface area contributed by atoms with E-state index in [1.807, 2.05) is 4.90 Å². The molecule has 2 fully saturated rings. The van der Waals surface area contributed by atoms with Crippen molar-refractivity contribution < 1.29 is 27.8 Å². The van der Waals surface area contributed by atoms with E-state index in [2.05, 4.69) is 20.0 Å². The fraction of sp³-hybridized carbons (Fsp3) is 0.500. The lowest BCUT2D eigenvalue weighted by Gasteiger charge is -2.26. The number of ether oxygens (including phenoxy) is 1. The number of anilines is 1. The molecule has 2 heterocycles. The van der Waals surface area contributed by atoms with E-state index in [4.69, 9.17) is 0 Å². The highest BCUT2D eigenvalue weighted by Crippen LogP contribution is 2.49. The van der Waals surface area contributed by atoms with E-state index in [0.29, 0.717) is 37.2 Å². The number of carbonyl (C=O) groups excluding carboxylic acids is 1. The minimum atomic E-state index is -4.36. The van der Waals surface area contributed by atoms with Crippen LogP contribution in [0.5, 0.6) is 0 Å². The number of likely N-dealkylation sites (tertiary alicyclic amines) is 1. The van der Waals surface area contributed by atoms with E-state index in [9.17, 15) is 23.1 Å². The first-order chi connectivity index (χ1) is 15.2. The molecule has 32 heavy (non-hydrogen) atoms. The normalized spacial score (nSPS) is 24.2. The number of aliphatic hydroxyl groups is 1. The molecule has 1 aromatic heterocycles. The summed E-state index contributed by atoms with van der Waals surface area (Å²) in [6.45, 7) is 2.81. The van der Waals surface area contributed by atoms with E-state index in [1.54, 1.807) is 19.1 Å². The van der Waals surface area contributed by atoms with Gasteiger partial charge in [0.15, 0.2) is 12.0 Å². The van der Waals surface area contributed by atoms with E-state index in [-0.39, 0.29) is 29.4 Å². The molecule has 1 aliphatic heterocycles. The third-order valence-electron chi connectivity index (χ3n) is 6.34. The molecule has 0 amide bonds. The molecule has 1 saturated carbocycles. The molecule has 0 radical (unpaired) electrons. The van der Waals surface area contributed by atoms with Gasteiger partial charge >= 0.3 is 12.1 Å². The van der Waals surface area contributed by atoms with Crippen LogP contribution in [-0.2, 0) is 10.9 Å². The molecule has 10 heteroatoms. The summed E-state index contributed by atoms with van der Waals surface area (Å²) in [5.74, 6) is -0.248. The van der Waals surface area contributed by atoms with E-state index < -0.39 is 24.1 Å². The highest BCUT2D eigenvalue weighted by molar-refractivity contribution is 5.87. The number of carbonyl (C=O) groups is 1. The van der Waals surface area contributed by atoms with Crippen LogP contribution in [-0.4, -0.2) is 52.5 Å². The van der Waals surface area contributed by atoms with E-state index in [1.165, 1.54) is 19.2 Å². The Kier molecular flexibility index (Phi) is 6.09. The van der Waals surface area contributed by atoms with Gasteiger partial charge in [-0.2, -0.15) is 13.2 Å². The molecule has 7 nitrogen and oxygen atoms in total. The van der Waals surface area contributed by atoms with Gasteiger partial charge in [0.05, 0.1) is 12.7 Å². The molecule has 0 bridgehead atoms. The smallest absolute Gasteiger partial charge is 0.416 e. The van der Waals surface area contributed by atoms with Crippen molar-refractivity contribution in [2.75, 3.05) is 25.5 Å². The molecule has 4 rings (SSSR count). The number of esters is 1. The predicted octanol–water partition coefficient (Wildman–Crippen LogP) is 3.40. The van der Waals surface area contributed by atoms with Gasteiger partial charge in [0, 0.05) is 18.8 Å². The Bertz CT molecular complexity index is 987. The minimum absolute atomic E-state index is 0.0826. The Morgan fingerprint density at radius 2 is 1.88 bits per heavy atom. The topological polar surface area (TPSA) is 87.6 Å². The number of aliphatic hydroxyl groups excluding tert-OH is 1. The van der Waals surface area contributed by atoms with Gasteiger partial charge in [0.25, 0.3) is 0 Å². The quantitative estimate of drug-likeness (QED) is 0.533. The van der Waals surface area contributed by atoms with Crippen LogP contribution in [0.15, 0.2) is 30.3 Å². The van der Waals surface area contributed by atoms with Crippen LogP contribution < -0.4 is 5.32 Å². The number of aromatic nitrogens is 2. The van der Waals surface area contributed by atoms with Crippen molar-refractivity contribution in [3.05, 3.63) is 52.8 Å². The van der Waals surface area contributed by atoms with Gasteiger partial charge in [-0.05, 0) is 55.2 Å². The molecule has 1 saturated heterocycles. The third-order valence-corrected chi connectivity index (χ3v) is 6.34. The molecule has 1 aliphatic carbocycles. The monoisotopic (exact) mass is 450 g/mol. The number of alkyl halides is 3. The lowest BCUT2D eigenvalue weighted by atomic mass is 9.91. The van der Waals surface area contributed by atoms with E-state index >= 15 is 0 Å². The number of halogens is 3. The lowest BCUT2D eigenvalue weighted by molar-refractivity contribution is -0.138. The molecule has 2 aromatic rings. The van der Waals surface area contributed by atoms with Crippen LogP contribution >= 0.6 is 0 Å². The van der Waals surface area contributed by atoms with Crippen LogP contribution in [0.1, 0.15) is 46.1 Å². The Morgan fingerprint density at radius 1 is 1.22 bits per heavy atom. The maximum absolute atomic E-state index is 13.4. The third kappa shape index (κ3) is 4.56. The van der Waals surface area contributed by atoms with Crippen LogP contribution in [0.25, 0.3) is 0 Å². The first kappa shape index (κ1) is 22.5. The van der Waals surface area contributed by atoms with Crippen LogP contribution in [0.3, 0.4) is 0 Å². The second kappa shape index (κ2) is 8.67. The molecular formula is C22H25F3N4O3. The maximum Gasteiger partial charge on any atom is 0.416 e. The summed E-state index contributed by atoms with van der Waals surface area (Å²) in [5.41, 5.74) is 0.434. The zero-order valence-corrected chi connectivity index (χ0v) is 17.8. The fourth-order valence-electron chi connectivity index (χ4n) is 4.95. The number of aryl methyl sites for hydroxylation is 1. The molecular weight excluding hydrogens is 425 g/mol. The van der Waals surface area contributed by atoms with Crippen molar-refractivity contribution in [1.29, 1.82) is 0 Å². The second-order valence-corrected chi connectivity index (χ2v) is 8.46. The summed E-state index contributed by atoms with van der Waals surface area (Å²) in [4.78, 5) is 21.8. The molecule has 172 valence electrons. The Hall–Kier alpha value is -2.72. The van der Waals surface area contributed by atoms with Crippen molar-refractivity contribution >= 4 is 11.9 Å². The minimum Gasteiger partial charge on any atom is -0.464 e. The van der Waals surface area contributed by atoms with Crippen molar-refractivity contribution in [2.45, 2.75) is 38.2 Å². The fourth-order valence-corrected chi connectivity index (χ4v) is 4.95. The number of methoxy groups -OCH3 is 1. The lowest BCUT2D eigenvalue weighted by Crippen LogP contribution is -2.40. The van der Waals surface area contributed by atoms with Gasteiger partial charge in [-0.25, -0.2) is 14.8 Å². The maximum atomic E-state index is 13.4. The summed E-state index contributed by atoms with van der Waals surface area (Å²) in [6, 6.07) is 7.29. The van der Waals surface area contributed by atoms with Gasteiger partial charge in [-0.3, -0.25) is 4.90 Å². The van der Waals surface area contributed by atoms with Crippen LogP contribution in [0.4, 0.5) is 19.1 Å². The van der Waals surface area contributed by atoms with Crippen molar-refractivity contribution in [3.63, 3.8) is 0 Å². The summed E-state index contributed by atoms with van der Waals surface area (Å²) in [7, 11) is 1.26. The molecule has 1 aromatic carbocycles. The summed E-state index contributed by atoms with van der Waals surface area (Å²) in [6.07, 6.45) is -4.14. The number of rotatable bonds is 5. The van der Waals surface area contributed by atoms with Crippen molar-refractivity contribution in [2.24, 2.45) is 11.8 Å². The van der Waals surface area contributed by atoms with E-state index in [0.717, 1.165) is 6.07 Å². The van der Waals surface area contributed by atoms with Crippen LogP contribution in [0, 0.1) is 18.8 Å². The summed E-state index contributed by atoms with van der Waals surface area (Å²) in [5, 5.41) is 13.4. The predicted molar refractivity (Wildman–Crippen MR) is 110 cm³/mol. The Balaban J connectivity index is 1.40. The highest BCUT2D eigenvalue weighted by Gasteiger charge is 2.45. The highest BCUT2D eigenvalue weighted by atomic mass is 19.4. The number of fused-ring (bicyclic) bond motifs is 1. The zero-order chi connectivity index (χ0) is 23.0. The van der Waals surface area contributed by atoms with Crippen molar-refractivity contribution in [3.8, 4) is 0 Å². The average molecular weight is 450 g/mol. The SMILES string of the molecule is COC(=O)c1cc(C)nc(NC(O)N2C[C@H]3CC(c4ccccc4C(F)(F)F)C[C@H]3C2)n1. The number of nitrogens with zero attached hydrogens (tertiary/aromatic N) is 3. The Morgan fingerprint density at radius 3 is 2.50 bits per heavy atom. The molecule has 2 aliphatic rings. The molecule has 2 N–H and O–H groups in total. The number of hydrogen-bond acceptors (Lipinski definition) is 7. The van der Waals surface area contributed by atoms with Gasteiger partial charge in [0.1, 0.15) is 0 Å². The van der Waals surface area contributed by atoms with Gasteiger partial charge in [0.2, 0.25) is 5.95 Å². The number of benzene rings is 1. The second-order valence-electron chi connectivity index (χ2n) is 8.46. The summed E-state index contributed by atoms with van der Waals surface area (Å²) < 4.78 is 44.9. The standard InChI is InChI=1S/C22H25F3N4O3/c1-12-7-18(19(30)32-2)27-20(26-12)28-21(31)29-10-14-8-13(9-15(14)11-29)16-5-3-4-6-17(16)22(23,24)25/h3-7,13-15,21,31H,8-11H2,1-2H3,(H,26,27,28)/t13?,14-,15+,21?. The zero-order valence-electron chi connectivity index (χ0n) is 17.8. The molecule has 4 atom stereocenters. The number of nitrogens with one attached hydrogen (secondary N) is 1. The van der Waals surface area contributed by atoms with Gasteiger partial charge in [-0.1, -0.05) is 18.2 Å². The average Bonchev–Trinajstić information content (AvgIpc) is 3.31.